The fourth-order valence-electron chi connectivity index (χ4n) is 3.77. The Hall–Kier alpha value is -3.75. The highest BCUT2D eigenvalue weighted by Crippen LogP contribution is 2.32. The standard InChI is InChI=1S/C26H24Cl2F3N7O3S/c1-4-38-24(19-11-22(26(29,30)31)36-37(19)2)34-35-25(38)42-14-23(39)33-32-12-15-5-7-20(40-3)16(9-15)13-41-21-8-6-17(27)10-18(21)28/h5-12H,4,13-14H2,1-3H3,(H,33,39)/b32-12+. The van der Waals surface area contributed by atoms with Crippen LogP contribution in [0.25, 0.3) is 11.5 Å². The van der Waals surface area contributed by atoms with Gasteiger partial charge in [0.15, 0.2) is 16.7 Å². The van der Waals surface area contributed by atoms with Crippen molar-refractivity contribution in [1.29, 1.82) is 0 Å². The van der Waals surface area contributed by atoms with Crippen molar-refractivity contribution in [2.75, 3.05) is 12.9 Å². The molecule has 0 radical (unpaired) electrons. The summed E-state index contributed by atoms with van der Waals surface area (Å²) in [6.45, 7) is 2.32. The van der Waals surface area contributed by atoms with Crippen molar-refractivity contribution in [3.05, 3.63) is 69.3 Å². The number of amides is 1. The molecule has 0 aliphatic rings. The van der Waals surface area contributed by atoms with E-state index in [1.807, 2.05) is 0 Å². The molecule has 0 atom stereocenters. The number of carbonyl (C=O) groups is 1. The van der Waals surface area contributed by atoms with Crippen molar-refractivity contribution >= 4 is 47.1 Å². The monoisotopic (exact) mass is 641 g/mol. The van der Waals surface area contributed by atoms with Crippen LogP contribution in [0.5, 0.6) is 11.5 Å². The lowest BCUT2D eigenvalue weighted by Crippen LogP contribution is -2.20. The maximum absolute atomic E-state index is 13.1. The first-order chi connectivity index (χ1) is 20.0. The van der Waals surface area contributed by atoms with E-state index in [4.69, 9.17) is 32.7 Å². The zero-order valence-corrected chi connectivity index (χ0v) is 24.8. The van der Waals surface area contributed by atoms with Gasteiger partial charge in [-0.25, -0.2) is 5.43 Å². The molecule has 16 heteroatoms. The van der Waals surface area contributed by atoms with Crippen LogP contribution in [0, 0.1) is 0 Å². The molecular formula is C26H24Cl2F3N7O3S. The number of hydrogen-bond acceptors (Lipinski definition) is 8. The highest BCUT2D eigenvalue weighted by Gasteiger charge is 2.35. The lowest BCUT2D eigenvalue weighted by Gasteiger charge is -2.12. The van der Waals surface area contributed by atoms with Crippen LogP contribution < -0.4 is 14.9 Å². The summed E-state index contributed by atoms with van der Waals surface area (Å²) >= 11 is 13.2. The van der Waals surface area contributed by atoms with E-state index in [9.17, 15) is 18.0 Å². The number of hydrazone groups is 1. The Morgan fingerprint density at radius 1 is 1.14 bits per heavy atom. The van der Waals surface area contributed by atoms with Crippen LogP contribution in [-0.2, 0) is 31.2 Å². The van der Waals surface area contributed by atoms with Crippen LogP contribution in [0.2, 0.25) is 10.0 Å². The number of rotatable bonds is 11. The minimum absolute atomic E-state index is 0.0573. The minimum atomic E-state index is -4.59. The molecule has 0 fully saturated rings. The molecule has 222 valence electrons. The molecule has 1 amide bonds. The normalized spacial score (nSPS) is 11.7. The number of nitrogens with zero attached hydrogens (tertiary/aromatic N) is 6. The number of alkyl halides is 3. The summed E-state index contributed by atoms with van der Waals surface area (Å²) in [5.41, 5.74) is 2.97. The van der Waals surface area contributed by atoms with Gasteiger partial charge in [0.25, 0.3) is 5.91 Å². The Balaban J connectivity index is 1.36. The van der Waals surface area contributed by atoms with Gasteiger partial charge in [-0.1, -0.05) is 35.0 Å². The minimum Gasteiger partial charge on any atom is -0.496 e. The van der Waals surface area contributed by atoms with Crippen LogP contribution in [0.1, 0.15) is 23.7 Å². The van der Waals surface area contributed by atoms with E-state index in [-0.39, 0.29) is 23.9 Å². The second-order valence-corrected chi connectivity index (χ2v) is 10.4. The van der Waals surface area contributed by atoms with Gasteiger partial charge in [0.1, 0.15) is 23.8 Å². The smallest absolute Gasteiger partial charge is 0.435 e. The molecule has 0 unspecified atom stereocenters. The molecule has 0 bridgehead atoms. The van der Waals surface area contributed by atoms with E-state index in [1.54, 1.807) is 55.0 Å². The van der Waals surface area contributed by atoms with Crippen molar-refractivity contribution in [3.63, 3.8) is 0 Å². The van der Waals surface area contributed by atoms with Crippen molar-refractivity contribution in [2.45, 2.75) is 31.4 Å². The van der Waals surface area contributed by atoms with E-state index in [1.165, 1.54) is 13.3 Å². The van der Waals surface area contributed by atoms with E-state index < -0.39 is 17.8 Å². The number of carbonyl (C=O) groups excluding carboxylic acids is 1. The predicted octanol–water partition coefficient (Wildman–Crippen LogP) is 5.85. The van der Waals surface area contributed by atoms with E-state index in [2.05, 4.69) is 25.8 Å². The Labute approximate surface area is 252 Å². The van der Waals surface area contributed by atoms with Gasteiger partial charge in [-0.3, -0.25) is 9.48 Å². The molecule has 4 aromatic rings. The fourth-order valence-corrected chi connectivity index (χ4v) is 5.02. The van der Waals surface area contributed by atoms with Crippen molar-refractivity contribution in [1.82, 2.24) is 30.0 Å². The first kappa shape index (κ1) is 31.2. The number of halogens is 5. The van der Waals surface area contributed by atoms with Gasteiger partial charge >= 0.3 is 6.18 Å². The van der Waals surface area contributed by atoms with Gasteiger partial charge in [-0.2, -0.15) is 23.4 Å². The molecule has 0 saturated carbocycles. The third-order valence-electron chi connectivity index (χ3n) is 5.75. The average Bonchev–Trinajstić information content (AvgIpc) is 3.54. The number of methoxy groups -OCH3 is 1. The Morgan fingerprint density at radius 2 is 1.90 bits per heavy atom. The van der Waals surface area contributed by atoms with Crippen LogP contribution in [-0.4, -0.2) is 49.5 Å². The fraction of sp³-hybridized carbons (Fsp3) is 0.269. The van der Waals surface area contributed by atoms with Gasteiger partial charge in [0, 0.05) is 24.2 Å². The SMILES string of the molecule is CCn1c(SCC(=O)N/N=C/c2ccc(OC)c(COc3ccc(Cl)cc3Cl)c2)nnc1-c1cc(C(F)(F)F)nn1C. The molecule has 2 heterocycles. The van der Waals surface area contributed by atoms with Crippen LogP contribution >= 0.6 is 35.0 Å². The first-order valence-electron chi connectivity index (χ1n) is 12.2. The molecular weight excluding hydrogens is 618 g/mol. The summed E-state index contributed by atoms with van der Waals surface area (Å²) in [6.07, 6.45) is -3.12. The number of thioether (sulfide) groups is 1. The molecule has 42 heavy (non-hydrogen) atoms. The Kier molecular flexibility index (Phi) is 10.0. The number of aryl methyl sites for hydroxylation is 1. The first-order valence-corrected chi connectivity index (χ1v) is 14.0. The van der Waals surface area contributed by atoms with Gasteiger partial charge in [-0.05, 0) is 55.0 Å². The Bertz CT molecular complexity index is 1610. The largest absolute Gasteiger partial charge is 0.496 e. The zero-order chi connectivity index (χ0) is 30.4. The molecule has 2 aromatic heterocycles. The summed E-state index contributed by atoms with van der Waals surface area (Å²) in [7, 11) is 2.93. The predicted molar refractivity (Wildman–Crippen MR) is 153 cm³/mol. The van der Waals surface area contributed by atoms with Crippen LogP contribution in [0.4, 0.5) is 13.2 Å². The van der Waals surface area contributed by atoms with Gasteiger partial charge in [-0.15, -0.1) is 10.2 Å². The highest BCUT2D eigenvalue weighted by molar-refractivity contribution is 7.99. The maximum atomic E-state index is 13.1. The van der Waals surface area contributed by atoms with Crippen molar-refractivity contribution in [3.8, 4) is 23.0 Å². The Morgan fingerprint density at radius 3 is 2.57 bits per heavy atom. The quantitative estimate of drug-likeness (QED) is 0.124. The molecule has 0 spiro atoms. The van der Waals surface area contributed by atoms with Crippen LogP contribution in [0.3, 0.4) is 0 Å². The molecule has 2 aromatic carbocycles. The summed E-state index contributed by atoms with van der Waals surface area (Å²) in [5, 5.41) is 16.8. The van der Waals surface area contributed by atoms with E-state index in [0.717, 1.165) is 28.1 Å². The molecule has 10 nitrogen and oxygen atoms in total. The van der Waals surface area contributed by atoms with E-state index >= 15 is 0 Å². The van der Waals surface area contributed by atoms with Crippen molar-refractivity contribution < 1.29 is 27.4 Å². The summed E-state index contributed by atoms with van der Waals surface area (Å²) in [4.78, 5) is 12.4. The third-order valence-corrected chi connectivity index (χ3v) is 7.25. The molecule has 0 aliphatic carbocycles. The molecule has 1 N–H and O–H groups in total. The van der Waals surface area contributed by atoms with Crippen molar-refractivity contribution in [2.24, 2.45) is 12.1 Å². The van der Waals surface area contributed by atoms with Crippen LogP contribution in [0.15, 0.2) is 52.7 Å². The number of aromatic nitrogens is 5. The number of benzene rings is 2. The molecule has 0 aliphatic heterocycles. The average molecular weight is 642 g/mol. The number of ether oxygens (including phenoxy) is 2. The topological polar surface area (TPSA) is 108 Å². The summed E-state index contributed by atoms with van der Waals surface area (Å²) < 4.78 is 53.2. The molecule has 0 saturated heterocycles. The van der Waals surface area contributed by atoms with Gasteiger partial charge in [0.2, 0.25) is 0 Å². The second kappa shape index (κ2) is 13.5. The lowest BCUT2D eigenvalue weighted by molar-refractivity contribution is -0.141. The third kappa shape index (κ3) is 7.55. The summed E-state index contributed by atoms with van der Waals surface area (Å²) in [5.74, 6) is 0.791. The second-order valence-electron chi connectivity index (χ2n) is 8.60. The van der Waals surface area contributed by atoms with Gasteiger partial charge < -0.3 is 14.0 Å². The van der Waals surface area contributed by atoms with Gasteiger partial charge in [0.05, 0.1) is 24.1 Å². The molecule has 4 rings (SSSR count). The summed E-state index contributed by atoms with van der Waals surface area (Å²) in [6, 6.07) is 11.1. The highest BCUT2D eigenvalue weighted by atomic mass is 35.5. The van der Waals surface area contributed by atoms with E-state index in [0.29, 0.717) is 38.8 Å². The maximum Gasteiger partial charge on any atom is 0.435 e. The zero-order valence-electron chi connectivity index (χ0n) is 22.4. The lowest BCUT2D eigenvalue weighted by atomic mass is 10.1. The number of hydrogen-bond donors (Lipinski definition) is 1. The number of nitrogens with one attached hydrogen (secondary N) is 1.